The van der Waals surface area contributed by atoms with Gasteiger partial charge in [-0.05, 0) is 12.1 Å². The summed E-state index contributed by atoms with van der Waals surface area (Å²) in [5.74, 6) is 0. The van der Waals surface area contributed by atoms with E-state index in [9.17, 15) is 18.0 Å². The summed E-state index contributed by atoms with van der Waals surface area (Å²) in [7, 11) is 0. The van der Waals surface area contributed by atoms with Crippen LogP contribution in [0.5, 0.6) is 0 Å². The summed E-state index contributed by atoms with van der Waals surface area (Å²) in [5.41, 5.74) is 0.580. The molecule has 3 rings (SSSR count). The number of nitrogens with zero attached hydrogens (tertiary/aromatic N) is 3. The molecule has 0 fully saturated rings. The molecule has 0 spiro atoms. The molecule has 0 aliphatic rings. The highest BCUT2D eigenvalue weighted by Gasteiger charge is 2.38. The number of benzene rings is 1. The third kappa shape index (κ3) is 1.88. The van der Waals surface area contributed by atoms with Gasteiger partial charge in [0.25, 0.3) is 0 Å². The molecule has 0 saturated heterocycles. The number of alkyl halides is 3. The molecule has 1 aromatic carbocycles. The lowest BCUT2D eigenvalue weighted by Gasteiger charge is -2.11. The van der Waals surface area contributed by atoms with E-state index in [2.05, 4.69) is 10.1 Å². The first-order valence-electron chi connectivity index (χ1n) is 5.45. The number of fused-ring (bicyclic) bond motifs is 1. The van der Waals surface area contributed by atoms with Crippen molar-refractivity contribution in [2.24, 2.45) is 0 Å². The van der Waals surface area contributed by atoms with Crippen LogP contribution in [-0.2, 0) is 6.18 Å². The smallest absolute Gasteiger partial charge is 0.298 e. The van der Waals surface area contributed by atoms with Gasteiger partial charge in [0, 0.05) is 0 Å². The quantitative estimate of drug-likeness (QED) is 0.682. The Morgan fingerprint density at radius 3 is 2.80 bits per heavy atom. The fourth-order valence-corrected chi connectivity index (χ4v) is 2.65. The van der Waals surface area contributed by atoms with E-state index in [-0.39, 0.29) is 12.0 Å². The highest BCUT2D eigenvalue weighted by Crippen LogP contribution is 2.34. The van der Waals surface area contributed by atoms with Gasteiger partial charge in [-0.25, -0.2) is 9.67 Å². The van der Waals surface area contributed by atoms with Gasteiger partial charge < -0.3 is 0 Å². The maximum Gasteiger partial charge on any atom is 0.434 e. The SMILES string of the molecule is O=Cc1cnn(-c2cccc3scnc23)c1C(F)(F)F. The van der Waals surface area contributed by atoms with Crippen LogP contribution in [0, 0.1) is 0 Å². The monoisotopic (exact) mass is 297 g/mol. The number of halogens is 3. The Morgan fingerprint density at radius 1 is 1.30 bits per heavy atom. The van der Waals surface area contributed by atoms with Crippen molar-refractivity contribution in [3.63, 3.8) is 0 Å². The number of thiazole rings is 1. The molecule has 0 aliphatic carbocycles. The molecule has 0 unspecified atom stereocenters. The Morgan fingerprint density at radius 2 is 2.10 bits per heavy atom. The first-order valence-corrected chi connectivity index (χ1v) is 6.33. The molecule has 0 amide bonds. The summed E-state index contributed by atoms with van der Waals surface area (Å²) in [5, 5.41) is 3.68. The molecule has 20 heavy (non-hydrogen) atoms. The Balaban J connectivity index is 2.33. The summed E-state index contributed by atoms with van der Waals surface area (Å²) < 4.78 is 40.8. The maximum atomic E-state index is 13.1. The van der Waals surface area contributed by atoms with Crippen molar-refractivity contribution in [3.8, 4) is 5.69 Å². The van der Waals surface area contributed by atoms with E-state index < -0.39 is 17.4 Å². The minimum absolute atomic E-state index is 0.146. The van der Waals surface area contributed by atoms with Crippen molar-refractivity contribution in [3.05, 3.63) is 41.2 Å². The van der Waals surface area contributed by atoms with Crippen molar-refractivity contribution >= 4 is 27.8 Å². The van der Waals surface area contributed by atoms with Crippen LogP contribution in [0.4, 0.5) is 13.2 Å². The van der Waals surface area contributed by atoms with Gasteiger partial charge in [-0.3, -0.25) is 4.79 Å². The molecule has 0 aliphatic heterocycles. The van der Waals surface area contributed by atoms with E-state index in [0.29, 0.717) is 10.2 Å². The van der Waals surface area contributed by atoms with E-state index in [1.807, 2.05) is 0 Å². The molecule has 102 valence electrons. The molecule has 0 bridgehead atoms. The van der Waals surface area contributed by atoms with E-state index >= 15 is 0 Å². The van der Waals surface area contributed by atoms with Gasteiger partial charge in [0.1, 0.15) is 5.52 Å². The van der Waals surface area contributed by atoms with Gasteiger partial charge in [-0.1, -0.05) is 6.07 Å². The lowest BCUT2D eigenvalue weighted by atomic mass is 10.2. The number of carbonyl (C=O) groups excluding carboxylic acids is 1. The molecule has 3 aromatic rings. The number of rotatable bonds is 2. The zero-order valence-corrected chi connectivity index (χ0v) is 10.6. The topological polar surface area (TPSA) is 47.8 Å². The maximum absolute atomic E-state index is 13.1. The minimum Gasteiger partial charge on any atom is -0.298 e. The van der Waals surface area contributed by atoms with Gasteiger partial charge >= 0.3 is 6.18 Å². The molecule has 0 atom stereocenters. The van der Waals surface area contributed by atoms with Crippen LogP contribution in [0.2, 0.25) is 0 Å². The summed E-state index contributed by atoms with van der Waals surface area (Å²) in [6, 6.07) is 4.87. The fourth-order valence-electron chi connectivity index (χ4n) is 1.96. The second-order valence-corrected chi connectivity index (χ2v) is 4.84. The van der Waals surface area contributed by atoms with Gasteiger partial charge in [0.2, 0.25) is 0 Å². The predicted molar refractivity (Wildman–Crippen MR) is 67.1 cm³/mol. The zero-order valence-electron chi connectivity index (χ0n) is 9.76. The Kier molecular flexibility index (Phi) is 2.82. The van der Waals surface area contributed by atoms with Gasteiger partial charge in [0.15, 0.2) is 12.0 Å². The van der Waals surface area contributed by atoms with Crippen LogP contribution in [0.15, 0.2) is 29.9 Å². The third-order valence-electron chi connectivity index (χ3n) is 2.76. The van der Waals surface area contributed by atoms with Gasteiger partial charge in [-0.15, -0.1) is 11.3 Å². The Labute approximate surface area is 114 Å². The second kappa shape index (κ2) is 4.41. The minimum atomic E-state index is -4.68. The number of hydrogen-bond acceptors (Lipinski definition) is 4. The largest absolute Gasteiger partial charge is 0.434 e. The highest BCUT2D eigenvalue weighted by atomic mass is 32.1. The second-order valence-electron chi connectivity index (χ2n) is 3.95. The fraction of sp³-hybridized carbons (Fsp3) is 0.0833. The number of carbonyl (C=O) groups is 1. The number of aldehydes is 1. The molecule has 2 heterocycles. The molecule has 4 nitrogen and oxygen atoms in total. The van der Waals surface area contributed by atoms with Crippen molar-refractivity contribution in [1.29, 1.82) is 0 Å². The van der Waals surface area contributed by atoms with E-state index in [1.165, 1.54) is 17.4 Å². The van der Waals surface area contributed by atoms with E-state index in [0.717, 1.165) is 10.9 Å². The molecular formula is C12H6F3N3OS. The Hall–Kier alpha value is -2.22. The van der Waals surface area contributed by atoms with Crippen LogP contribution in [0.3, 0.4) is 0 Å². The molecule has 0 radical (unpaired) electrons. The summed E-state index contributed by atoms with van der Waals surface area (Å²) >= 11 is 1.32. The average molecular weight is 297 g/mol. The Bertz CT molecular complexity index is 791. The first kappa shape index (κ1) is 12.8. The normalized spacial score (nSPS) is 11.9. The van der Waals surface area contributed by atoms with Crippen molar-refractivity contribution in [2.45, 2.75) is 6.18 Å². The third-order valence-corrected chi connectivity index (χ3v) is 3.55. The number of hydrogen-bond donors (Lipinski definition) is 0. The number of aromatic nitrogens is 3. The molecule has 2 aromatic heterocycles. The summed E-state index contributed by atoms with van der Waals surface area (Å²) in [6.45, 7) is 0. The van der Waals surface area contributed by atoms with Crippen molar-refractivity contribution < 1.29 is 18.0 Å². The zero-order chi connectivity index (χ0) is 14.3. The van der Waals surface area contributed by atoms with Crippen LogP contribution in [-0.4, -0.2) is 21.1 Å². The van der Waals surface area contributed by atoms with Crippen molar-refractivity contribution in [1.82, 2.24) is 14.8 Å². The number of para-hydroxylation sites is 1. The standard InChI is InChI=1S/C12H6F3N3OS/c13-12(14,15)11-7(5-19)4-17-18(11)8-2-1-3-9-10(8)16-6-20-9/h1-6H. The van der Waals surface area contributed by atoms with Gasteiger partial charge in [-0.2, -0.15) is 18.3 Å². The van der Waals surface area contributed by atoms with Crippen LogP contribution in [0.1, 0.15) is 16.1 Å². The first-order chi connectivity index (χ1) is 9.52. The van der Waals surface area contributed by atoms with Crippen LogP contribution in [0.25, 0.3) is 15.9 Å². The predicted octanol–water partition coefficient (Wildman–Crippen LogP) is 3.31. The van der Waals surface area contributed by atoms with Crippen LogP contribution < -0.4 is 0 Å². The molecule has 8 heteroatoms. The van der Waals surface area contributed by atoms with Gasteiger partial charge in [0.05, 0.1) is 27.7 Å². The van der Waals surface area contributed by atoms with E-state index in [1.54, 1.807) is 17.6 Å². The molecule has 0 saturated carbocycles. The van der Waals surface area contributed by atoms with E-state index in [4.69, 9.17) is 0 Å². The average Bonchev–Trinajstić information content (AvgIpc) is 3.03. The van der Waals surface area contributed by atoms with Crippen molar-refractivity contribution in [2.75, 3.05) is 0 Å². The summed E-state index contributed by atoms with van der Waals surface area (Å²) in [4.78, 5) is 14.8. The highest BCUT2D eigenvalue weighted by molar-refractivity contribution is 7.16. The summed E-state index contributed by atoms with van der Waals surface area (Å²) in [6.07, 6.45) is -3.63. The lowest BCUT2D eigenvalue weighted by Crippen LogP contribution is -2.15. The lowest BCUT2D eigenvalue weighted by molar-refractivity contribution is -0.143. The molecule has 0 N–H and O–H groups in total. The molecular weight excluding hydrogens is 291 g/mol. The van der Waals surface area contributed by atoms with Crippen LogP contribution >= 0.6 is 11.3 Å².